The van der Waals surface area contributed by atoms with E-state index in [9.17, 15) is 0 Å². The molecular weight excluding hydrogens is 254 g/mol. The first kappa shape index (κ1) is 18.2. The van der Waals surface area contributed by atoms with Gasteiger partial charge in [0.1, 0.15) is 0 Å². The van der Waals surface area contributed by atoms with E-state index in [-0.39, 0.29) is 0 Å². The van der Waals surface area contributed by atoms with Crippen molar-refractivity contribution in [3.63, 3.8) is 0 Å². The highest BCUT2D eigenvalue weighted by atomic mass is 14.5. The molecule has 119 valence electrons. The van der Waals surface area contributed by atoms with Crippen LogP contribution < -0.4 is 5.73 Å². The second-order valence-corrected chi connectivity index (χ2v) is 6.17. The Balaban J connectivity index is 1.75. The molecule has 0 aliphatic heterocycles. The van der Waals surface area contributed by atoms with Gasteiger partial charge in [0, 0.05) is 0 Å². The molecule has 0 bridgehead atoms. The quantitative estimate of drug-likeness (QED) is 0.439. The fraction of sp³-hybridized carbons (Fsp3) is 0.700. The Hall–Kier alpha value is -0.820. The standard InChI is InChI=1S/C20H34N/c21-19-15-10-8-6-4-2-1-3-5-7-9-12-16-20-17-13-11-14-18-20/h11,13-14,17H,1-10,12,15-16,19,21H2. The topological polar surface area (TPSA) is 26.0 Å². The van der Waals surface area contributed by atoms with E-state index in [1.807, 2.05) is 12.1 Å². The van der Waals surface area contributed by atoms with E-state index in [4.69, 9.17) is 5.73 Å². The van der Waals surface area contributed by atoms with E-state index in [1.165, 1.54) is 89.0 Å². The summed E-state index contributed by atoms with van der Waals surface area (Å²) in [6.45, 7) is 0.863. The van der Waals surface area contributed by atoms with E-state index in [0.29, 0.717) is 0 Å². The molecule has 1 radical (unpaired) electrons. The van der Waals surface area contributed by atoms with E-state index in [1.54, 1.807) is 0 Å². The molecule has 0 amide bonds. The highest BCUT2D eigenvalue weighted by Crippen LogP contribution is 2.13. The first-order chi connectivity index (χ1) is 10.4. The van der Waals surface area contributed by atoms with Crippen LogP contribution in [0.15, 0.2) is 24.3 Å². The average Bonchev–Trinajstić information content (AvgIpc) is 2.53. The summed E-state index contributed by atoms with van der Waals surface area (Å²) in [5.74, 6) is 0. The molecule has 0 saturated carbocycles. The summed E-state index contributed by atoms with van der Waals surface area (Å²) >= 11 is 0. The Morgan fingerprint density at radius 1 is 0.667 bits per heavy atom. The van der Waals surface area contributed by atoms with Crippen LogP contribution in [0.4, 0.5) is 0 Å². The molecule has 2 N–H and O–H groups in total. The lowest BCUT2D eigenvalue weighted by molar-refractivity contribution is 0.541. The molecule has 0 spiro atoms. The van der Waals surface area contributed by atoms with Crippen LogP contribution in [0.3, 0.4) is 0 Å². The lowest BCUT2D eigenvalue weighted by atomic mass is 10.0. The molecule has 0 aliphatic carbocycles. The summed E-state index contributed by atoms with van der Waals surface area (Å²) in [4.78, 5) is 0. The second kappa shape index (κ2) is 14.1. The number of aryl methyl sites for hydroxylation is 1. The molecule has 0 unspecified atom stereocenters. The predicted molar refractivity (Wildman–Crippen MR) is 93.4 cm³/mol. The zero-order chi connectivity index (χ0) is 15.0. The summed E-state index contributed by atoms with van der Waals surface area (Å²) in [5.41, 5.74) is 6.86. The van der Waals surface area contributed by atoms with E-state index in [2.05, 4.69) is 18.2 Å². The maximum absolute atomic E-state index is 5.49. The van der Waals surface area contributed by atoms with E-state index >= 15 is 0 Å². The lowest BCUT2D eigenvalue weighted by Crippen LogP contribution is -1.97. The van der Waals surface area contributed by atoms with Crippen LogP contribution in [0.2, 0.25) is 0 Å². The van der Waals surface area contributed by atoms with Gasteiger partial charge in [0.2, 0.25) is 0 Å². The number of benzene rings is 1. The van der Waals surface area contributed by atoms with Crippen molar-refractivity contribution < 1.29 is 0 Å². The third kappa shape index (κ3) is 11.5. The molecule has 1 aromatic rings. The summed E-state index contributed by atoms with van der Waals surface area (Å²) in [5, 5.41) is 0. The van der Waals surface area contributed by atoms with Gasteiger partial charge < -0.3 is 5.73 Å². The van der Waals surface area contributed by atoms with Crippen molar-refractivity contribution in [1.82, 2.24) is 0 Å². The smallest absolute Gasteiger partial charge is 0.00773 e. The minimum atomic E-state index is 0.863. The molecule has 1 aromatic carbocycles. The largest absolute Gasteiger partial charge is 0.330 e. The molecular formula is C20H34N. The third-order valence-corrected chi connectivity index (χ3v) is 4.17. The fourth-order valence-electron chi connectivity index (χ4n) is 2.81. The van der Waals surface area contributed by atoms with Gasteiger partial charge in [0.15, 0.2) is 0 Å². The molecule has 0 aliphatic rings. The van der Waals surface area contributed by atoms with Crippen LogP contribution >= 0.6 is 0 Å². The Labute approximate surface area is 132 Å². The van der Waals surface area contributed by atoms with Crippen molar-refractivity contribution in [2.45, 2.75) is 83.5 Å². The van der Waals surface area contributed by atoms with Gasteiger partial charge in [-0.2, -0.15) is 0 Å². The highest BCUT2D eigenvalue weighted by Gasteiger charge is 1.95. The van der Waals surface area contributed by atoms with E-state index < -0.39 is 0 Å². The van der Waals surface area contributed by atoms with Gasteiger partial charge >= 0.3 is 0 Å². The molecule has 1 nitrogen and oxygen atoms in total. The number of hydrogen-bond donors (Lipinski definition) is 1. The fourth-order valence-corrected chi connectivity index (χ4v) is 2.81. The Kier molecular flexibility index (Phi) is 12.3. The Bertz CT molecular complexity index is 307. The molecule has 0 saturated heterocycles. The van der Waals surface area contributed by atoms with Crippen molar-refractivity contribution in [1.29, 1.82) is 0 Å². The average molecular weight is 288 g/mol. The van der Waals surface area contributed by atoms with Crippen molar-refractivity contribution in [3.05, 3.63) is 35.9 Å². The molecule has 0 heterocycles. The normalized spacial score (nSPS) is 10.9. The molecule has 0 fully saturated rings. The Morgan fingerprint density at radius 3 is 1.67 bits per heavy atom. The van der Waals surface area contributed by atoms with Gasteiger partial charge in [-0.1, -0.05) is 88.5 Å². The summed E-state index contributed by atoms with van der Waals surface area (Å²) in [6.07, 6.45) is 17.8. The monoisotopic (exact) mass is 288 g/mol. The maximum atomic E-state index is 5.49. The van der Waals surface area contributed by atoms with Gasteiger partial charge in [-0.25, -0.2) is 0 Å². The third-order valence-electron chi connectivity index (χ3n) is 4.17. The molecule has 1 rings (SSSR count). The van der Waals surface area contributed by atoms with Crippen LogP contribution in [0.25, 0.3) is 0 Å². The minimum absolute atomic E-state index is 0.863. The molecule has 1 heteroatoms. The van der Waals surface area contributed by atoms with Crippen molar-refractivity contribution in [2.24, 2.45) is 5.73 Å². The summed E-state index contributed by atoms with van der Waals surface area (Å²) in [6, 6.07) is 11.7. The summed E-state index contributed by atoms with van der Waals surface area (Å²) in [7, 11) is 0. The zero-order valence-corrected chi connectivity index (χ0v) is 13.8. The van der Waals surface area contributed by atoms with Crippen molar-refractivity contribution >= 4 is 0 Å². The Morgan fingerprint density at radius 2 is 1.19 bits per heavy atom. The van der Waals surface area contributed by atoms with E-state index in [0.717, 1.165) is 6.54 Å². The van der Waals surface area contributed by atoms with Crippen LogP contribution in [0.5, 0.6) is 0 Å². The number of unbranched alkanes of at least 4 members (excludes halogenated alkanes) is 11. The van der Waals surface area contributed by atoms with Crippen molar-refractivity contribution in [2.75, 3.05) is 6.54 Å². The van der Waals surface area contributed by atoms with Gasteiger partial charge in [-0.05, 0) is 37.4 Å². The van der Waals surface area contributed by atoms with Gasteiger partial charge in [0.25, 0.3) is 0 Å². The number of hydrogen-bond acceptors (Lipinski definition) is 1. The molecule has 0 atom stereocenters. The van der Waals surface area contributed by atoms with Crippen LogP contribution in [-0.4, -0.2) is 6.54 Å². The molecule has 0 aromatic heterocycles. The van der Waals surface area contributed by atoms with Crippen molar-refractivity contribution in [3.8, 4) is 0 Å². The van der Waals surface area contributed by atoms with Crippen LogP contribution in [0, 0.1) is 6.07 Å². The number of nitrogens with two attached hydrogens (primary N) is 1. The second-order valence-electron chi connectivity index (χ2n) is 6.17. The lowest BCUT2D eigenvalue weighted by Gasteiger charge is -2.03. The van der Waals surface area contributed by atoms with Gasteiger partial charge in [0.05, 0.1) is 0 Å². The first-order valence-electron chi connectivity index (χ1n) is 9.09. The highest BCUT2D eigenvalue weighted by molar-refractivity contribution is 5.12. The maximum Gasteiger partial charge on any atom is -0.00773 e. The minimum Gasteiger partial charge on any atom is -0.330 e. The zero-order valence-electron chi connectivity index (χ0n) is 13.8. The SMILES string of the molecule is NCCCCCCCCCCCCCCc1[c]cccc1. The first-order valence-corrected chi connectivity index (χ1v) is 9.09. The van der Waals surface area contributed by atoms with Crippen LogP contribution in [-0.2, 0) is 6.42 Å². The molecule has 21 heavy (non-hydrogen) atoms. The van der Waals surface area contributed by atoms with Gasteiger partial charge in [-0.3, -0.25) is 0 Å². The summed E-state index contributed by atoms with van der Waals surface area (Å²) < 4.78 is 0. The predicted octanol–water partition coefficient (Wildman–Crippen LogP) is 5.67. The number of rotatable bonds is 14. The van der Waals surface area contributed by atoms with Gasteiger partial charge in [-0.15, -0.1) is 0 Å². The van der Waals surface area contributed by atoms with Crippen LogP contribution in [0.1, 0.15) is 82.6 Å².